The van der Waals surface area contributed by atoms with Crippen LogP contribution in [0.1, 0.15) is 5.56 Å². The quantitative estimate of drug-likeness (QED) is 0.648. The van der Waals surface area contributed by atoms with Crippen molar-refractivity contribution < 1.29 is 9.66 Å². The molecule has 0 aliphatic heterocycles. The molecule has 0 aromatic heterocycles. The van der Waals surface area contributed by atoms with Crippen LogP contribution in [0.2, 0.25) is 10.0 Å². The Hall–Kier alpha value is -1.98. The molecule has 2 aromatic rings. The van der Waals surface area contributed by atoms with Crippen molar-refractivity contribution >= 4 is 34.6 Å². The fourth-order valence-corrected chi connectivity index (χ4v) is 2.32. The third-order valence-corrected chi connectivity index (χ3v) is 3.46. The number of nitro benzene ring substituents is 1. The van der Waals surface area contributed by atoms with Crippen LogP contribution in [0.5, 0.6) is 5.75 Å². The molecule has 0 saturated heterocycles. The van der Waals surface area contributed by atoms with Gasteiger partial charge in [-0.1, -0.05) is 29.3 Å². The molecule has 0 fully saturated rings. The number of methoxy groups -OCH3 is 1. The van der Waals surface area contributed by atoms with Crippen molar-refractivity contribution in [1.29, 1.82) is 0 Å². The molecule has 0 bridgehead atoms. The predicted molar refractivity (Wildman–Crippen MR) is 83.4 cm³/mol. The van der Waals surface area contributed by atoms with E-state index in [0.29, 0.717) is 23.0 Å². The fraction of sp³-hybridized carbons (Fsp3) is 0.143. The van der Waals surface area contributed by atoms with Crippen LogP contribution in [0.4, 0.5) is 11.4 Å². The zero-order valence-electron chi connectivity index (χ0n) is 11.1. The summed E-state index contributed by atoms with van der Waals surface area (Å²) in [5, 5.41) is 14.4. The van der Waals surface area contributed by atoms with Crippen LogP contribution in [0.25, 0.3) is 0 Å². The summed E-state index contributed by atoms with van der Waals surface area (Å²) in [6.45, 7) is 0.512. The largest absolute Gasteiger partial charge is 0.495 e. The summed E-state index contributed by atoms with van der Waals surface area (Å²) >= 11 is 11.9. The highest BCUT2D eigenvalue weighted by Crippen LogP contribution is 2.28. The summed E-state index contributed by atoms with van der Waals surface area (Å²) in [6.07, 6.45) is 0. The van der Waals surface area contributed by atoms with Gasteiger partial charge in [0.05, 0.1) is 17.1 Å². The molecule has 2 rings (SSSR count). The molecule has 0 aliphatic rings. The van der Waals surface area contributed by atoms with Gasteiger partial charge in [0.25, 0.3) is 5.69 Å². The number of rotatable bonds is 5. The molecule has 21 heavy (non-hydrogen) atoms. The standard InChI is InChI=1S/C14H12Cl2N2O3/c1-21-14-5-2-9(6-12(14)16)8-17-10-3-4-13(18(19)20)11(15)7-10/h2-7,17H,8H2,1H3. The Morgan fingerprint density at radius 2 is 1.95 bits per heavy atom. The molecule has 0 unspecified atom stereocenters. The van der Waals surface area contributed by atoms with Crippen LogP contribution in [-0.2, 0) is 6.54 Å². The number of nitro groups is 1. The number of halogens is 2. The van der Waals surface area contributed by atoms with Crippen molar-refractivity contribution in [2.45, 2.75) is 6.54 Å². The van der Waals surface area contributed by atoms with Gasteiger partial charge in [-0.2, -0.15) is 0 Å². The molecule has 0 aliphatic carbocycles. The van der Waals surface area contributed by atoms with Crippen molar-refractivity contribution in [3.8, 4) is 5.75 Å². The van der Waals surface area contributed by atoms with Gasteiger partial charge < -0.3 is 10.1 Å². The van der Waals surface area contributed by atoms with E-state index in [1.165, 1.54) is 12.1 Å². The van der Waals surface area contributed by atoms with Crippen molar-refractivity contribution in [3.05, 3.63) is 62.1 Å². The van der Waals surface area contributed by atoms with E-state index in [1.54, 1.807) is 25.3 Å². The Morgan fingerprint density at radius 3 is 2.52 bits per heavy atom. The van der Waals surface area contributed by atoms with E-state index in [1.807, 2.05) is 6.07 Å². The molecule has 5 nitrogen and oxygen atoms in total. The van der Waals surface area contributed by atoms with E-state index in [0.717, 1.165) is 5.56 Å². The average molecular weight is 327 g/mol. The zero-order chi connectivity index (χ0) is 15.4. The smallest absolute Gasteiger partial charge is 0.288 e. The highest BCUT2D eigenvalue weighted by Gasteiger charge is 2.11. The molecule has 0 heterocycles. The minimum absolute atomic E-state index is 0.0952. The summed E-state index contributed by atoms with van der Waals surface area (Å²) in [5.41, 5.74) is 1.53. The first-order chi connectivity index (χ1) is 10.0. The van der Waals surface area contributed by atoms with Crippen molar-refractivity contribution in [3.63, 3.8) is 0 Å². The molecule has 1 N–H and O–H groups in total. The molecule has 0 spiro atoms. The molecule has 110 valence electrons. The zero-order valence-corrected chi connectivity index (χ0v) is 12.6. The lowest BCUT2D eigenvalue weighted by Gasteiger charge is -2.09. The highest BCUT2D eigenvalue weighted by atomic mass is 35.5. The summed E-state index contributed by atoms with van der Waals surface area (Å²) < 4.78 is 5.08. The predicted octanol–water partition coefficient (Wildman–Crippen LogP) is 4.52. The van der Waals surface area contributed by atoms with E-state index in [-0.39, 0.29) is 10.7 Å². The summed E-state index contributed by atoms with van der Waals surface area (Å²) in [5.74, 6) is 0.610. The first kappa shape index (κ1) is 15.4. The third-order valence-electron chi connectivity index (χ3n) is 2.86. The van der Waals surface area contributed by atoms with Gasteiger partial charge in [0.2, 0.25) is 0 Å². The van der Waals surface area contributed by atoms with Gasteiger partial charge >= 0.3 is 0 Å². The Bertz CT molecular complexity index is 677. The molecule has 0 atom stereocenters. The number of anilines is 1. The van der Waals surface area contributed by atoms with Gasteiger partial charge in [0.15, 0.2) is 0 Å². The van der Waals surface area contributed by atoms with Gasteiger partial charge in [0, 0.05) is 18.3 Å². The topological polar surface area (TPSA) is 64.4 Å². The van der Waals surface area contributed by atoms with E-state index in [4.69, 9.17) is 27.9 Å². The van der Waals surface area contributed by atoms with E-state index in [2.05, 4.69) is 5.32 Å². The normalized spacial score (nSPS) is 10.2. The minimum atomic E-state index is -0.518. The Balaban J connectivity index is 2.08. The monoisotopic (exact) mass is 326 g/mol. The van der Waals surface area contributed by atoms with Crippen LogP contribution in [-0.4, -0.2) is 12.0 Å². The van der Waals surface area contributed by atoms with Crippen LogP contribution in [0, 0.1) is 10.1 Å². The van der Waals surface area contributed by atoms with Crippen molar-refractivity contribution in [2.24, 2.45) is 0 Å². The Labute approximate surface area is 131 Å². The van der Waals surface area contributed by atoms with Crippen molar-refractivity contribution in [1.82, 2.24) is 0 Å². The second kappa shape index (κ2) is 6.65. The number of nitrogens with one attached hydrogen (secondary N) is 1. The highest BCUT2D eigenvalue weighted by molar-refractivity contribution is 6.33. The lowest BCUT2D eigenvalue weighted by atomic mass is 10.2. The molecule has 7 heteroatoms. The minimum Gasteiger partial charge on any atom is -0.495 e. The molecule has 0 amide bonds. The molecular formula is C14H12Cl2N2O3. The Kier molecular flexibility index (Phi) is 4.88. The van der Waals surface area contributed by atoms with E-state index >= 15 is 0 Å². The van der Waals surface area contributed by atoms with Crippen LogP contribution in [0.15, 0.2) is 36.4 Å². The summed E-state index contributed by atoms with van der Waals surface area (Å²) in [7, 11) is 1.55. The van der Waals surface area contributed by atoms with Crippen LogP contribution >= 0.6 is 23.2 Å². The lowest BCUT2D eigenvalue weighted by molar-refractivity contribution is -0.384. The van der Waals surface area contributed by atoms with Crippen molar-refractivity contribution in [2.75, 3.05) is 12.4 Å². The van der Waals surface area contributed by atoms with Gasteiger partial charge in [-0.3, -0.25) is 10.1 Å². The maximum absolute atomic E-state index is 10.7. The maximum Gasteiger partial charge on any atom is 0.288 e. The maximum atomic E-state index is 10.7. The van der Waals surface area contributed by atoms with E-state index < -0.39 is 4.92 Å². The Morgan fingerprint density at radius 1 is 1.19 bits per heavy atom. The van der Waals surface area contributed by atoms with Gasteiger partial charge in [0.1, 0.15) is 10.8 Å². The van der Waals surface area contributed by atoms with Gasteiger partial charge in [-0.15, -0.1) is 0 Å². The summed E-state index contributed by atoms with van der Waals surface area (Å²) in [6, 6.07) is 9.94. The fourth-order valence-electron chi connectivity index (χ4n) is 1.79. The first-order valence-electron chi connectivity index (χ1n) is 6.01. The molecular weight excluding hydrogens is 315 g/mol. The second-order valence-corrected chi connectivity index (χ2v) is 5.06. The van der Waals surface area contributed by atoms with E-state index in [9.17, 15) is 10.1 Å². The lowest BCUT2D eigenvalue weighted by Crippen LogP contribution is -2.00. The average Bonchev–Trinajstić information content (AvgIpc) is 2.45. The number of ether oxygens (including phenoxy) is 1. The SMILES string of the molecule is COc1ccc(CNc2ccc([N+](=O)[O-])c(Cl)c2)cc1Cl. The van der Waals surface area contributed by atoms with Crippen LogP contribution in [0.3, 0.4) is 0 Å². The van der Waals surface area contributed by atoms with Crippen LogP contribution < -0.4 is 10.1 Å². The van der Waals surface area contributed by atoms with Gasteiger partial charge in [-0.25, -0.2) is 0 Å². The number of hydrogen-bond acceptors (Lipinski definition) is 4. The summed E-state index contributed by atoms with van der Waals surface area (Å²) in [4.78, 5) is 10.2. The third kappa shape index (κ3) is 3.77. The number of hydrogen-bond donors (Lipinski definition) is 1. The molecule has 2 aromatic carbocycles. The second-order valence-electron chi connectivity index (χ2n) is 4.25. The number of benzene rings is 2. The molecule has 0 radical (unpaired) electrons. The molecule has 0 saturated carbocycles. The number of nitrogens with zero attached hydrogens (tertiary/aromatic N) is 1. The first-order valence-corrected chi connectivity index (χ1v) is 6.77. The van der Waals surface area contributed by atoms with Gasteiger partial charge in [-0.05, 0) is 29.8 Å².